The summed E-state index contributed by atoms with van der Waals surface area (Å²) in [5.74, 6) is 3.09. The molecule has 0 fully saturated rings. The van der Waals surface area contributed by atoms with E-state index >= 15 is 0 Å². The van der Waals surface area contributed by atoms with Crippen LogP contribution in [-0.2, 0) is 29.4 Å². The molecule has 0 aliphatic carbocycles. The van der Waals surface area contributed by atoms with Crippen LogP contribution in [0.3, 0.4) is 0 Å². The summed E-state index contributed by atoms with van der Waals surface area (Å²) in [7, 11) is 3.19. The number of hydrogen-bond donors (Lipinski definition) is 2. The maximum absolute atomic E-state index is 12.8. The van der Waals surface area contributed by atoms with Gasteiger partial charge in [0.05, 0.1) is 19.9 Å². The second-order valence-corrected chi connectivity index (χ2v) is 8.22. The highest BCUT2D eigenvalue weighted by Gasteiger charge is 2.25. The minimum atomic E-state index is -0.257. The van der Waals surface area contributed by atoms with Crippen LogP contribution in [0.25, 0.3) is 0 Å². The summed E-state index contributed by atoms with van der Waals surface area (Å²) >= 11 is 1.74. The van der Waals surface area contributed by atoms with Gasteiger partial charge in [-0.2, -0.15) is 16.9 Å². The Labute approximate surface area is 190 Å². The smallest absolute Gasteiger partial charge is 0.256 e. The van der Waals surface area contributed by atoms with Crippen LogP contribution < -0.4 is 20.1 Å². The van der Waals surface area contributed by atoms with Gasteiger partial charge in [-0.15, -0.1) is 0 Å². The van der Waals surface area contributed by atoms with Gasteiger partial charge in [0.2, 0.25) is 5.91 Å². The first kappa shape index (κ1) is 21.8. The molecule has 0 bridgehead atoms. The van der Waals surface area contributed by atoms with E-state index in [4.69, 9.17) is 9.47 Å². The van der Waals surface area contributed by atoms with Gasteiger partial charge in [-0.05, 0) is 42.0 Å². The number of benzene rings is 2. The summed E-state index contributed by atoms with van der Waals surface area (Å²) in [5, 5.41) is 10.4. The number of nitrogens with zero attached hydrogens (tertiary/aromatic N) is 2. The Hall–Kier alpha value is -3.46. The lowest BCUT2D eigenvalue weighted by Gasteiger charge is -2.12. The maximum Gasteiger partial charge on any atom is 0.256 e. The molecule has 2 N–H and O–H groups in total. The van der Waals surface area contributed by atoms with Crippen molar-refractivity contribution in [2.24, 2.45) is 0 Å². The lowest BCUT2D eigenvalue weighted by atomic mass is 10.2. The predicted octanol–water partition coefficient (Wildman–Crippen LogP) is 3.22. The minimum absolute atomic E-state index is 0.0199. The molecule has 0 saturated carbocycles. The number of nitrogens with one attached hydrogen (secondary N) is 2. The zero-order chi connectivity index (χ0) is 22.5. The van der Waals surface area contributed by atoms with Crippen LogP contribution in [0, 0.1) is 0 Å². The SMILES string of the molecule is COc1ccc(CNC(=O)Cn2nc3c(c2NC(=O)c2ccc(OC)cc2)CSC3)cc1. The van der Waals surface area contributed by atoms with Gasteiger partial charge in [0, 0.05) is 29.2 Å². The molecule has 3 aromatic rings. The number of fused-ring (bicyclic) bond motifs is 1. The predicted molar refractivity (Wildman–Crippen MR) is 123 cm³/mol. The van der Waals surface area contributed by atoms with E-state index in [9.17, 15) is 9.59 Å². The second kappa shape index (κ2) is 9.78. The van der Waals surface area contributed by atoms with Gasteiger partial charge in [-0.25, -0.2) is 4.68 Å². The highest BCUT2D eigenvalue weighted by molar-refractivity contribution is 7.98. The molecule has 1 aromatic heterocycles. The molecule has 0 saturated heterocycles. The first-order valence-corrected chi connectivity index (χ1v) is 11.2. The van der Waals surface area contributed by atoms with Gasteiger partial charge in [-0.1, -0.05) is 12.1 Å². The van der Waals surface area contributed by atoms with E-state index in [1.54, 1.807) is 54.9 Å². The Morgan fingerprint density at radius 2 is 1.66 bits per heavy atom. The summed E-state index contributed by atoms with van der Waals surface area (Å²) < 4.78 is 11.9. The topological polar surface area (TPSA) is 94.5 Å². The van der Waals surface area contributed by atoms with E-state index in [-0.39, 0.29) is 18.4 Å². The molecule has 2 amide bonds. The van der Waals surface area contributed by atoms with Gasteiger partial charge in [0.15, 0.2) is 0 Å². The molecule has 1 aliphatic rings. The summed E-state index contributed by atoms with van der Waals surface area (Å²) in [5.41, 5.74) is 3.34. The van der Waals surface area contributed by atoms with Crippen molar-refractivity contribution in [3.63, 3.8) is 0 Å². The number of aromatic nitrogens is 2. The molecule has 1 aliphatic heterocycles. The number of carbonyl (C=O) groups is 2. The van der Waals surface area contributed by atoms with Crippen LogP contribution >= 0.6 is 11.8 Å². The standard InChI is InChI=1S/C23H24N4O4S/c1-30-17-7-3-15(4-8-17)11-24-21(28)12-27-22(19-13-32-14-20(19)26-27)25-23(29)16-5-9-18(31-2)10-6-16/h3-10H,11-14H2,1-2H3,(H,24,28)(H,25,29). The van der Waals surface area contributed by atoms with Crippen LogP contribution in [0.2, 0.25) is 0 Å². The van der Waals surface area contributed by atoms with Gasteiger partial charge in [0.25, 0.3) is 5.91 Å². The first-order valence-electron chi connectivity index (χ1n) is 10.1. The Balaban J connectivity index is 1.44. The third kappa shape index (κ3) is 4.88. The Kier molecular flexibility index (Phi) is 6.65. The van der Waals surface area contributed by atoms with Crippen molar-refractivity contribution in [1.29, 1.82) is 0 Å². The Morgan fingerprint density at radius 3 is 2.31 bits per heavy atom. The van der Waals surface area contributed by atoms with Crippen LogP contribution in [0.4, 0.5) is 5.82 Å². The summed E-state index contributed by atoms with van der Waals surface area (Å²) in [4.78, 5) is 25.4. The highest BCUT2D eigenvalue weighted by Crippen LogP contribution is 2.35. The number of rotatable bonds is 8. The van der Waals surface area contributed by atoms with Gasteiger partial charge < -0.3 is 20.1 Å². The summed E-state index contributed by atoms with van der Waals surface area (Å²) in [6.07, 6.45) is 0. The normalized spacial score (nSPS) is 12.2. The van der Waals surface area contributed by atoms with Crippen LogP contribution in [-0.4, -0.2) is 35.8 Å². The monoisotopic (exact) mass is 452 g/mol. The summed E-state index contributed by atoms with van der Waals surface area (Å²) in [6.45, 7) is 0.416. The number of hydrogen-bond acceptors (Lipinski definition) is 6. The van der Waals surface area contributed by atoms with E-state index in [1.807, 2.05) is 24.3 Å². The molecule has 9 heteroatoms. The zero-order valence-corrected chi connectivity index (χ0v) is 18.7. The van der Waals surface area contributed by atoms with Crippen molar-refractivity contribution >= 4 is 29.4 Å². The molecule has 0 unspecified atom stereocenters. The maximum atomic E-state index is 12.8. The molecular formula is C23H24N4O4S. The Bertz CT molecular complexity index is 1110. The van der Waals surface area contributed by atoms with Gasteiger partial charge >= 0.3 is 0 Å². The molecule has 4 rings (SSSR count). The third-order valence-electron chi connectivity index (χ3n) is 5.15. The molecule has 0 spiro atoms. The van der Waals surface area contributed by atoms with Gasteiger partial charge in [-0.3, -0.25) is 9.59 Å². The lowest BCUT2D eigenvalue weighted by molar-refractivity contribution is -0.122. The number of thioether (sulfide) groups is 1. The van der Waals surface area contributed by atoms with E-state index in [1.165, 1.54) is 0 Å². The number of amides is 2. The highest BCUT2D eigenvalue weighted by atomic mass is 32.2. The zero-order valence-electron chi connectivity index (χ0n) is 17.9. The van der Waals surface area contributed by atoms with Crippen molar-refractivity contribution in [1.82, 2.24) is 15.1 Å². The van der Waals surface area contributed by atoms with Crippen LogP contribution in [0.1, 0.15) is 27.2 Å². The van der Waals surface area contributed by atoms with Crippen LogP contribution in [0.15, 0.2) is 48.5 Å². The molecule has 166 valence electrons. The fourth-order valence-electron chi connectivity index (χ4n) is 3.38. The molecule has 0 atom stereocenters. The fraction of sp³-hybridized carbons (Fsp3) is 0.261. The van der Waals surface area contributed by atoms with Gasteiger partial charge in [0.1, 0.15) is 23.9 Å². The number of carbonyl (C=O) groups excluding carboxylic acids is 2. The van der Waals surface area contributed by atoms with E-state index < -0.39 is 0 Å². The molecule has 32 heavy (non-hydrogen) atoms. The third-order valence-corrected chi connectivity index (χ3v) is 6.12. The molecule has 2 heterocycles. The van der Waals surface area contributed by atoms with E-state index in [0.29, 0.717) is 23.7 Å². The quantitative estimate of drug-likeness (QED) is 0.545. The average Bonchev–Trinajstić information content (AvgIpc) is 3.40. The second-order valence-electron chi connectivity index (χ2n) is 7.23. The average molecular weight is 453 g/mol. The molecule has 0 radical (unpaired) electrons. The van der Waals surface area contributed by atoms with Crippen molar-refractivity contribution in [2.45, 2.75) is 24.6 Å². The molecule has 8 nitrogen and oxygen atoms in total. The summed E-state index contributed by atoms with van der Waals surface area (Å²) in [6, 6.07) is 14.4. The number of anilines is 1. The van der Waals surface area contributed by atoms with E-state index in [2.05, 4.69) is 15.7 Å². The molecular weight excluding hydrogens is 428 g/mol. The first-order chi connectivity index (χ1) is 15.6. The van der Waals surface area contributed by atoms with E-state index in [0.717, 1.165) is 34.1 Å². The Morgan fingerprint density at radius 1 is 1.00 bits per heavy atom. The lowest BCUT2D eigenvalue weighted by Crippen LogP contribution is -2.28. The van der Waals surface area contributed by atoms with Crippen LogP contribution in [0.5, 0.6) is 11.5 Å². The molecule has 2 aromatic carbocycles. The van der Waals surface area contributed by atoms with Crippen molar-refractivity contribution in [3.8, 4) is 11.5 Å². The number of ether oxygens (including phenoxy) is 2. The fourth-order valence-corrected chi connectivity index (χ4v) is 4.41. The van der Waals surface area contributed by atoms with Crippen molar-refractivity contribution < 1.29 is 19.1 Å². The number of methoxy groups -OCH3 is 2. The largest absolute Gasteiger partial charge is 0.497 e. The van der Waals surface area contributed by atoms with Crippen molar-refractivity contribution in [3.05, 3.63) is 70.9 Å². The van der Waals surface area contributed by atoms with Crippen molar-refractivity contribution in [2.75, 3.05) is 19.5 Å². The minimum Gasteiger partial charge on any atom is -0.497 e.